The summed E-state index contributed by atoms with van der Waals surface area (Å²) in [5, 5.41) is 1.98. The highest BCUT2D eigenvalue weighted by molar-refractivity contribution is 7.10. The average Bonchev–Trinajstić information content (AvgIpc) is 2.88. The molecule has 2 rings (SSSR count). The lowest BCUT2D eigenvalue weighted by Crippen LogP contribution is -2.35. The van der Waals surface area contributed by atoms with Crippen LogP contribution in [-0.4, -0.2) is 11.6 Å². The van der Waals surface area contributed by atoms with Crippen LogP contribution >= 0.6 is 11.3 Å². The van der Waals surface area contributed by atoms with Gasteiger partial charge in [-0.05, 0) is 47.8 Å². The van der Waals surface area contributed by atoms with Crippen molar-refractivity contribution < 1.29 is 9.59 Å². The standard InChI is InChI=1S/C17H22O2S/c1-17(2,3)12-6-8-15(18)14(11-12)16(19)9-7-13-5-4-10-20-13/h4-5,7,9-10,12,14H,6,8,11H2,1-3H3/b9-7+. The molecule has 0 radical (unpaired) electrons. The van der Waals surface area contributed by atoms with Crippen molar-refractivity contribution in [2.45, 2.75) is 40.0 Å². The van der Waals surface area contributed by atoms with E-state index in [0.29, 0.717) is 18.8 Å². The minimum atomic E-state index is -0.427. The van der Waals surface area contributed by atoms with Gasteiger partial charge in [0.25, 0.3) is 0 Å². The molecule has 0 N–H and O–H groups in total. The predicted octanol–water partition coefficient (Wildman–Crippen LogP) is 4.36. The summed E-state index contributed by atoms with van der Waals surface area (Å²) in [6.07, 6.45) is 5.57. The Labute approximate surface area is 124 Å². The lowest BCUT2D eigenvalue weighted by Gasteiger charge is -2.36. The summed E-state index contributed by atoms with van der Waals surface area (Å²) in [5.74, 6) is 0.108. The van der Waals surface area contributed by atoms with Gasteiger partial charge in [0.2, 0.25) is 0 Å². The van der Waals surface area contributed by atoms with Gasteiger partial charge in [0.05, 0.1) is 5.92 Å². The average molecular weight is 290 g/mol. The number of Topliss-reactive ketones (excluding diaryl/α,β-unsaturated/α-hetero) is 1. The van der Waals surface area contributed by atoms with E-state index in [1.54, 1.807) is 17.4 Å². The number of carbonyl (C=O) groups is 2. The quantitative estimate of drug-likeness (QED) is 0.612. The van der Waals surface area contributed by atoms with Crippen molar-refractivity contribution in [2.75, 3.05) is 0 Å². The van der Waals surface area contributed by atoms with Crippen molar-refractivity contribution in [3.8, 4) is 0 Å². The molecule has 2 nitrogen and oxygen atoms in total. The Hall–Kier alpha value is -1.22. The second kappa shape index (κ2) is 6.04. The molecule has 20 heavy (non-hydrogen) atoms. The predicted molar refractivity (Wildman–Crippen MR) is 83.7 cm³/mol. The zero-order valence-corrected chi connectivity index (χ0v) is 13.2. The fourth-order valence-electron chi connectivity index (χ4n) is 2.75. The number of rotatable bonds is 3. The van der Waals surface area contributed by atoms with Gasteiger partial charge in [-0.3, -0.25) is 9.59 Å². The second-order valence-electron chi connectivity index (χ2n) is 6.61. The molecule has 0 bridgehead atoms. The molecule has 1 fully saturated rings. The molecule has 0 amide bonds. The molecule has 0 spiro atoms. The molecule has 1 heterocycles. The van der Waals surface area contributed by atoms with Gasteiger partial charge in [0.1, 0.15) is 5.78 Å². The van der Waals surface area contributed by atoms with Gasteiger partial charge < -0.3 is 0 Å². The maximum atomic E-state index is 12.3. The van der Waals surface area contributed by atoms with E-state index in [-0.39, 0.29) is 17.0 Å². The highest BCUT2D eigenvalue weighted by Crippen LogP contribution is 2.39. The SMILES string of the molecule is CC(C)(C)C1CCC(=O)C(C(=O)/C=C/c2cccs2)C1. The van der Waals surface area contributed by atoms with Crippen molar-refractivity contribution >= 4 is 29.0 Å². The van der Waals surface area contributed by atoms with E-state index < -0.39 is 5.92 Å². The van der Waals surface area contributed by atoms with E-state index in [1.807, 2.05) is 23.6 Å². The number of hydrogen-bond acceptors (Lipinski definition) is 3. The van der Waals surface area contributed by atoms with Gasteiger partial charge in [-0.25, -0.2) is 0 Å². The van der Waals surface area contributed by atoms with E-state index in [1.165, 1.54) is 0 Å². The molecular weight excluding hydrogens is 268 g/mol. The Morgan fingerprint density at radius 3 is 2.75 bits per heavy atom. The minimum Gasteiger partial charge on any atom is -0.299 e. The number of carbonyl (C=O) groups excluding carboxylic acids is 2. The Morgan fingerprint density at radius 2 is 2.15 bits per heavy atom. The maximum Gasteiger partial charge on any atom is 0.166 e. The summed E-state index contributed by atoms with van der Waals surface area (Å²) in [6, 6.07) is 3.92. The molecule has 1 aromatic rings. The van der Waals surface area contributed by atoms with Gasteiger partial charge in [-0.1, -0.05) is 26.8 Å². The highest BCUT2D eigenvalue weighted by atomic mass is 32.1. The van der Waals surface area contributed by atoms with Gasteiger partial charge in [-0.15, -0.1) is 11.3 Å². The molecule has 0 aromatic carbocycles. The molecule has 108 valence electrons. The molecular formula is C17H22O2S. The smallest absolute Gasteiger partial charge is 0.166 e. The minimum absolute atomic E-state index is 0.0302. The van der Waals surface area contributed by atoms with Crippen LogP contribution < -0.4 is 0 Å². The molecule has 3 heteroatoms. The highest BCUT2D eigenvalue weighted by Gasteiger charge is 2.37. The van der Waals surface area contributed by atoms with Crippen LogP contribution in [0.25, 0.3) is 6.08 Å². The largest absolute Gasteiger partial charge is 0.299 e. The van der Waals surface area contributed by atoms with Crippen LogP contribution in [0.5, 0.6) is 0 Å². The number of ketones is 2. The molecule has 0 aliphatic heterocycles. The Morgan fingerprint density at radius 1 is 1.40 bits per heavy atom. The second-order valence-corrected chi connectivity index (χ2v) is 7.59. The summed E-state index contributed by atoms with van der Waals surface area (Å²) in [6.45, 7) is 6.57. The Kier molecular flexibility index (Phi) is 4.59. The first-order chi connectivity index (χ1) is 9.38. The third kappa shape index (κ3) is 3.66. The van der Waals surface area contributed by atoms with Gasteiger partial charge in [-0.2, -0.15) is 0 Å². The van der Waals surface area contributed by atoms with Gasteiger partial charge in [0.15, 0.2) is 5.78 Å². The van der Waals surface area contributed by atoms with Gasteiger partial charge >= 0.3 is 0 Å². The van der Waals surface area contributed by atoms with Crippen molar-refractivity contribution in [2.24, 2.45) is 17.3 Å². The fourth-order valence-corrected chi connectivity index (χ4v) is 3.37. The monoisotopic (exact) mass is 290 g/mol. The summed E-state index contributed by atoms with van der Waals surface area (Å²) >= 11 is 1.59. The first-order valence-corrected chi connectivity index (χ1v) is 8.04. The zero-order chi connectivity index (χ0) is 14.8. The topological polar surface area (TPSA) is 34.1 Å². The molecule has 1 aliphatic rings. The molecule has 1 saturated carbocycles. The normalized spacial score (nSPS) is 24.2. The van der Waals surface area contributed by atoms with Crippen molar-refractivity contribution in [1.29, 1.82) is 0 Å². The van der Waals surface area contributed by atoms with Crippen LogP contribution in [0.15, 0.2) is 23.6 Å². The third-order valence-corrected chi connectivity index (χ3v) is 5.01. The lowest BCUT2D eigenvalue weighted by atomic mass is 9.68. The first kappa shape index (κ1) is 15.2. The van der Waals surface area contributed by atoms with E-state index in [9.17, 15) is 9.59 Å². The third-order valence-electron chi connectivity index (χ3n) is 4.17. The Bertz CT molecular complexity index is 506. The van der Waals surface area contributed by atoms with Crippen molar-refractivity contribution in [1.82, 2.24) is 0 Å². The fraction of sp³-hybridized carbons (Fsp3) is 0.529. The van der Waals surface area contributed by atoms with Gasteiger partial charge in [0, 0.05) is 11.3 Å². The van der Waals surface area contributed by atoms with Crippen LogP contribution in [0.4, 0.5) is 0 Å². The van der Waals surface area contributed by atoms with Crippen LogP contribution in [0.3, 0.4) is 0 Å². The summed E-state index contributed by atoms with van der Waals surface area (Å²) in [7, 11) is 0. The number of allylic oxidation sites excluding steroid dienone is 1. The Balaban J connectivity index is 2.05. The van der Waals surface area contributed by atoms with E-state index >= 15 is 0 Å². The molecule has 1 aromatic heterocycles. The zero-order valence-electron chi connectivity index (χ0n) is 12.4. The number of thiophene rings is 1. The maximum absolute atomic E-state index is 12.3. The molecule has 2 atom stereocenters. The summed E-state index contributed by atoms with van der Waals surface area (Å²) in [5.41, 5.74) is 0.163. The molecule has 1 aliphatic carbocycles. The van der Waals surface area contributed by atoms with E-state index in [4.69, 9.17) is 0 Å². The number of hydrogen-bond donors (Lipinski definition) is 0. The van der Waals surface area contributed by atoms with Crippen LogP contribution in [-0.2, 0) is 9.59 Å². The van der Waals surface area contributed by atoms with Crippen LogP contribution in [0.1, 0.15) is 44.9 Å². The summed E-state index contributed by atoms with van der Waals surface area (Å²) in [4.78, 5) is 25.3. The lowest BCUT2D eigenvalue weighted by molar-refractivity contribution is -0.133. The van der Waals surface area contributed by atoms with Crippen LogP contribution in [0.2, 0.25) is 0 Å². The summed E-state index contributed by atoms with van der Waals surface area (Å²) < 4.78 is 0. The molecule has 2 unspecified atom stereocenters. The van der Waals surface area contributed by atoms with Crippen molar-refractivity contribution in [3.63, 3.8) is 0 Å². The van der Waals surface area contributed by atoms with E-state index in [0.717, 1.165) is 11.3 Å². The van der Waals surface area contributed by atoms with Crippen LogP contribution in [0, 0.1) is 17.3 Å². The van der Waals surface area contributed by atoms with E-state index in [2.05, 4.69) is 20.8 Å². The first-order valence-electron chi connectivity index (χ1n) is 7.16. The van der Waals surface area contributed by atoms with Crippen molar-refractivity contribution in [3.05, 3.63) is 28.5 Å². The molecule has 0 saturated heterocycles.